The highest BCUT2D eigenvalue weighted by Crippen LogP contribution is 2.22. The number of hydrogen-bond acceptors (Lipinski definition) is 4. The SMILES string of the molecule is CCc1ccc(-n2ncc3c(N)nc(Cl)nc32)cc1. The van der Waals surface area contributed by atoms with Gasteiger partial charge in [-0.05, 0) is 35.7 Å². The Morgan fingerprint density at radius 3 is 2.63 bits per heavy atom. The van der Waals surface area contributed by atoms with Gasteiger partial charge in [0, 0.05) is 0 Å². The van der Waals surface area contributed by atoms with Crippen LogP contribution < -0.4 is 5.73 Å². The first-order chi connectivity index (χ1) is 9.19. The zero-order valence-corrected chi connectivity index (χ0v) is 11.1. The van der Waals surface area contributed by atoms with E-state index in [2.05, 4.69) is 34.1 Å². The molecule has 3 aromatic rings. The molecular formula is C13H12ClN5. The number of aryl methyl sites for hydroxylation is 1. The highest BCUT2D eigenvalue weighted by Gasteiger charge is 2.11. The Bertz CT molecular complexity index is 733. The summed E-state index contributed by atoms with van der Waals surface area (Å²) in [6.07, 6.45) is 2.65. The van der Waals surface area contributed by atoms with Gasteiger partial charge in [0.1, 0.15) is 5.82 Å². The highest BCUT2D eigenvalue weighted by atomic mass is 35.5. The average molecular weight is 274 g/mol. The number of hydrogen-bond donors (Lipinski definition) is 1. The minimum atomic E-state index is 0.122. The number of anilines is 1. The van der Waals surface area contributed by atoms with E-state index in [1.54, 1.807) is 10.9 Å². The Hall–Kier alpha value is -2.14. The van der Waals surface area contributed by atoms with E-state index in [1.165, 1.54) is 5.56 Å². The first kappa shape index (κ1) is 11.9. The van der Waals surface area contributed by atoms with Crippen molar-refractivity contribution in [2.24, 2.45) is 0 Å². The average Bonchev–Trinajstić information content (AvgIpc) is 2.83. The van der Waals surface area contributed by atoms with Gasteiger partial charge in [-0.25, -0.2) is 9.67 Å². The van der Waals surface area contributed by atoms with Gasteiger partial charge in [0.25, 0.3) is 0 Å². The summed E-state index contributed by atoms with van der Waals surface area (Å²) in [6, 6.07) is 8.12. The highest BCUT2D eigenvalue weighted by molar-refractivity contribution is 6.28. The van der Waals surface area contributed by atoms with Crippen LogP contribution in [0.3, 0.4) is 0 Å². The molecule has 0 bridgehead atoms. The summed E-state index contributed by atoms with van der Waals surface area (Å²) in [5.41, 5.74) is 8.61. The molecule has 2 heterocycles. The molecule has 96 valence electrons. The zero-order valence-electron chi connectivity index (χ0n) is 10.3. The normalized spacial score (nSPS) is 11.1. The molecule has 3 rings (SSSR count). The lowest BCUT2D eigenvalue weighted by atomic mass is 10.1. The number of nitrogens with two attached hydrogens (primary N) is 1. The van der Waals surface area contributed by atoms with Crippen LogP contribution in [0.15, 0.2) is 30.5 Å². The van der Waals surface area contributed by atoms with Crippen LogP contribution in [0, 0.1) is 0 Å². The van der Waals surface area contributed by atoms with Gasteiger partial charge in [-0.2, -0.15) is 10.1 Å². The van der Waals surface area contributed by atoms with E-state index < -0.39 is 0 Å². The topological polar surface area (TPSA) is 69.6 Å². The number of halogens is 1. The molecule has 0 radical (unpaired) electrons. The second-order valence-electron chi connectivity index (χ2n) is 4.19. The van der Waals surface area contributed by atoms with Crippen molar-refractivity contribution in [1.29, 1.82) is 0 Å². The molecule has 19 heavy (non-hydrogen) atoms. The molecule has 0 saturated carbocycles. The molecule has 0 saturated heterocycles. The van der Waals surface area contributed by atoms with Crippen molar-refractivity contribution in [3.63, 3.8) is 0 Å². The minimum absolute atomic E-state index is 0.122. The first-order valence-electron chi connectivity index (χ1n) is 5.95. The molecule has 6 heteroatoms. The third-order valence-corrected chi connectivity index (χ3v) is 3.19. The Kier molecular flexibility index (Phi) is 2.83. The van der Waals surface area contributed by atoms with Crippen LogP contribution in [-0.4, -0.2) is 19.7 Å². The number of benzene rings is 1. The van der Waals surface area contributed by atoms with Crippen LogP contribution in [0.4, 0.5) is 5.82 Å². The number of rotatable bonds is 2. The lowest BCUT2D eigenvalue weighted by Crippen LogP contribution is -2.00. The molecule has 0 spiro atoms. The molecule has 0 fully saturated rings. The second kappa shape index (κ2) is 4.51. The van der Waals surface area contributed by atoms with Crippen molar-refractivity contribution in [3.8, 4) is 5.69 Å². The van der Waals surface area contributed by atoms with Crippen LogP contribution in [0.25, 0.3) is 16.7 Å². The summed E-state index contributed by atoms with van der Waals surface area (Å²) in [4.78, 5) is 8.11. The molecule has 0 amide bonds. The third kappa shape index (κ3) is 2.02. The molecule has 1 aromatic carbocycles. The number of aromatic nitrogens is 4. The van der Waals surface area contributed by atoms with E-state index in [4.69, 9.17) is 17.3 Å². The van der Waals surface area contributed by atoms with Gasteiger partial charge in [0.2, 0.25) is 5.28 Å². The molecule has 2 N–H and O–H groups in total. The van der Waals surface area contributed by atoms with E-state index in [0.29, 0.717) is 16.9 Å². The first-order valence-corrected chi connectivity index (χ1v) is 6.33. The van der Waals surface area contributed by atoms with Crippen LogP contribution in [-0.2, 0) is 6.42 Å². The Morgan fingerprint density at radius 2 is 1.95 bits per heavy atom. The zero-order chi connectivity index (χ0) is 13.4. The van der Waals surface area contributed by atoms with Gasteiger partial charge in [0.15, 0.2) is 5.65 Å². The third-order valence-electron chi connectivity index (χ3n) is 3.02. The van der Waals surface area contributed by atoms with Crippen LogP contribution >= 0.6 is 11.6 Å². The van der Waals surface area contributed by atoms with E-state index in [9.17, 15) is 0 Å². The van der Waals surface area contributed by atoms with Gasteiger partial charge in [-0.1, -0.05) is 19.1 Å². The summed E-state index contributed by atoms with van der Waals surface area (Å²) in [7, 11) is 0. The maximum atomic E-state index is 5.84. The van der Waals surface area contributed by atoms with Crippen molar-refractivity contribution >= 4 is 28.5 Å². The van der Waals surface area contributed by atoms with E-state index >= 15 is 0 Å². The van der Waals surface area contributed by atoms with Crippen molar-refractivity contribution in [2.75, 3.05) is 5.73 Å². The smallest absolute Gasteiger partial charge is 0.226 e. The minimum Gasteiger partial charge on any atom is -0.383 e. The number of fused-ring (bicyclic) bond motifs is 1. The van der Waals surface area contributed by atoms with Crippen molar-refractivity contribution < 1.29 is 0 Å². The molecule has 5 nitrogen and oxygen atoms in total. The van der Waals surface area contributed by atoms with Gasteiger partial charge in [-0.3, -0.25) is 0 Å². The van der Waals surface area contributed by atoms with E-state index in [0.717, 1.165) is 12.1 Å². The van der Waals surface area contributed by atoms with Gasteiger partial charge < -0.3 is 5.73 Å². The fraction of sp³-hybridized carbons (Fsp3) is 0.154. The van der Waals surface area contributed by atoms with E-state index in [1.807, 2.05) is 12.1 Å². The largest absolute Gasteiger partial charge is 0.383 e. The van der Waals surface area contributed by atoms with Crippen molar-refractivity contribution in [3.05, 3.63) is 41.3 Å². The Morgan fingerprint density at radius 1 is 1.21 bits per heavy atom. The molecule has 0 atom stereocenters. The fourth-order valence-electron chi connectivity index (χ4n) is 1.96. The summed E-state index contributed by atoms with van der Waals surface area (Å²) in [6.45, 7) is 2.12. The summed E-state index contributed by atoms with van der Waals surface area (Å²) in [5.74, 6) is 0.339. The second-order valence-corrected chi connectivity index (χ2v) is 4.53. The maximum Gasteiger partial charge on any atom is 0.226 e. The Balaban J connectivity index is 2.19. The quantitative estimate of drug-likeness (QED) is 0.729. The number of nitrogens with zero attached hydrogens (tertiary/aromatic N) is 4. The lowest BCUT2D eigenvalue weighted by molar-refractivity contribution is 0.893. The molecular weight excluding hydrogens is 262 g/mol. The summed E-state index contributed by atoms with van der Waals surface area (Å²) >= 11 is 5.84. The van der Waals surface area contributed by atoms with Crippen LogP contribution in [0.5, 0.6) is 0 Å². The molecule has 2 aromatic heterocycles. The standard InChI is InChI=1S/C13H12ClN5/c1-2-8-3-5-9(6-4-8)19-12-10(7-16-19)11(15)17-13(14)18-12/h3-7H,2H2,1H3,(H2,15,17,18). The van der Waals surface area contributed by atoms with Crippen molar-refractivity contribution in [2.45, 2.75) is 13.3 Å². The molecule has 0 aliphatic rings. The lowest BCUT2D eigenvalue weighted by Gasteiger charge is -2.04. The Labute approximate surface area is 115 Å². The summed E-state index contributed by atoms with van der Waals surface area (Å²) < 4.78 is 1.71. The molecule has 0 aliphatic heterocycles. The molecule has 0 unspecified atom stereocenters. The maximum absolute atomic E-state index is 5.84. The summed E-state index contributed by atoms with van der Waals surface area (Å²) in [5, 5.41) is 5.12. The predicted octanol–water partition coefficient (Wildman–Crippen LogP) is 2.61. The van der Waals surface area contributed by atoms with Gasteiger partial charge >= 0.3 is 0 Å². The monoisotopic (exact) mass is 273 g/mol. The van der Waals surface area contributed by atoms with E-state index in [-0.39, 0.29) is 5.28 Å². The fourth-order valence-corrected chi connectivity index (χ4v) is 2.14. The van der Waals surface area contributed by atoms with Crippen molar-refractivity contribution in [1.82, 2.24) is 19.7 Å². The number of nitrogen functional groups attached to an aromatic ring is 1. The van der Waals surface area contributed by atoms with Gasteiger partial charge in [-0.15, -0.1) is 0 Å². The molecule has 0 aliphatic carbocycles. The van der Waals surface area contributed by atoms with Gasteiger partial charge in [0.05, 0.1) is 17.3 Å². The van der Waals surface area contributed by atoms with Crippen LogP contribution in [0.1, 0.15) is 12.5 Å². The predicted molar refractivity (Wildman–Crippen MR) is 75.5 cm³/mol. The van der Waals surface area contributed by atoms with Crippen LogP contribution in [0.2, 0.25) is 5.28 Å².